The third-order valence-corrected chi connectivity index (χ3v) is 3.29. The quantitative estimate of drug-likeness (QED) is 0.803. The van der Waals surface area contributed by atoms with E-state index in [0.29, 0.717) is 11.7 Å². The van der Waals surface area contributed by atoms with E-state index < -0.39 is 0 Å². The Morgan fingerprint density at radius 3 is 3.06 bits per heavy atom. The minimum absolute atomic E-state index is 0.0184. The molecule has 1 aliphatic carbocycles. The van der Waals surface area contributed by atoms with E-state index in [-0.39, 0.29) is 11.9 Å². The number of hydrogen-bond acceptors (Lipinski definition) is 3. The molecule has 1 amide bonds. The third kappa shape index (κ3) is 1.92. The van der Waals surface area contributed by atoms with Crippen LogP contribution in [0.15, 0.2) is 24.4 Å². The zero-order valence-electron chi connectivity index (χ0n) is 10.3. The van der Waals surface area contributed by atoms with Crippen molar-refractivity contribution in [3.05, 3.63) is 24.4 Å². The maximum Gasteiger partial charge on any atom is 0.244 e. The highest BCUT2D eigenvalue weighted by Gasteiger charge is 2.27. The summed E-state index contributed by atoms with van der Waals surface area (Å²) < 4.78 is 1.73. The number of hydrogen-bond donors (Lipinski definition) is 2. The molecule has 1 aliphatic rings. The second-order valence-corrected chi connectivity index (χ2v) is 4.87. The van der Waals surface area contributed by atoms with Gasteiger partial charge in [0.15, 0.2) is 0 Å². The van der Waals surface area contributed by atoms with Gasteiger partial charge < -0.3 is 11.1 Å². The summed E-state index contributed by atoms with van der Waals surface area (Å²) in [5.74, 6) is 0.0184. The minimum atomic E-state index is -0.315. The number of benzene rings is 1. The molecule has 1 fully saturated rings. The van der Waals surface area contributed by atoms with Crippen molar-refractivity contribution in [2.24, 2.45) is 0 Å². The molecule has 5 nitrogen and oxygen atoms in total. The molecule has 0 radical (unpaired) electrons. The molecule has 0 spiro atoms. The van der Waals surface area contributed by atoms with Crippen LogP contribution in [0, 0.1) is 0 Å². The van der Waals surface area contributed by atoms with Crippen molar-refractivity contribution in [1.82, 2.24) is 15.1 Å². The Morgan fingerprint density at radius 1 is 1.56 bits per heavy atom. The first-order valence-electron chi connectivity index (χ1n) is 6.18. The van der Waals surface area contributed by atoms with Crippen LogP contribution in [0.5, 0.6) is 0 Å². The van der Waals surface area contributed by atoms with Gasteiger partial charge in [0.1, 0.15) is 6.04 Å². The Kier molecular flexibility index (Phi) is 2.47. The first-order chi connectivity index (χ1) is 8.65. The summed E-state index contributed by atoms with van der Waals surface area (Å²) in [5, 5.41) is 8.27. The maximum absolute atomic E-state index is 12.0. The van der Waals surface area contributed by atoms with Gasteiger partial charge in [0.2, 0.25) is 5.91 Å². The lowest BCUT2D eigenvalue weighted by atomic mass is 10.2. The molecule has 94 valence electrons. The number of anilines is 1. The zero-order valence-corrected chi connectivity index (χ0v) is 10.3. The summed E-state index contributed by atoms with van der Waals surface area (Å²) in [6, 6.07) is 5.66. The van der Waals surface area contributed by atoms with E-state index in [4.69, 9.17) is 5.73 Å². The van der Waals surface area contributed by atoms with Crippen LogP contribution >= 0.6 is 0 Å². The largest absolute Gasteiger partial charge is 0.399 e. The molecule has 18 heavy (non-hydrogen) atoms. The Hall–Kier alpha value is -2.04. The van der Waals surface area contributed by atoms with Crippen molar-refractivity contribution in [2.75, 3.05) is 5.73 Å². The van der Waals surface area contributed by atoms with Crippen molar-refractivity contribution in [1.29, 1.82) is 0 Å². The number of rotatable bonds is 3. The van der Waals surface area contributed by atoms with Crippen LogP contribution < -0.4 is 11.1 Å². The molecule has 0 aliphatic heterocycles. The summed E-state index contributed by atoms with van der Waals surface area (Å²) in [7, 11) is 0. The van der Waals surface area contributed by atoms with E-state index in [0.717, 1.165) is 23.7 Å². The molecule has 1 aromatic heterocycles. The van der Waals surface area contributed by atoms with Gasteiger partial charge in [0.25, 0.3) is 0 Å². The van der Waals surface area contributed by atoms with E-state index in [1.807, 2.05) is 25.1 Å². The highest BCUT2D eigenvalue weighted by molar-refractivity contribution is 5.86. The Balaban J connectivity index is 1.92. The number of nitrogens with two attached hydrogens (primary N) is 1. The van der Waals surface area contributed by atoms with Gasteiger partial charge in [-0.15, -0.1) is 0 Å². The summed E-state index contributed by atoms with van der Waals surface area (Å²) in [6.45, 7) is 1.85. The van der Waals surface area contributed by atoms with Gasteiger partial charge in [-0.2, -0.15) is 5.10 Å². The van der Waals surface area contributed by atoms with E-state index in [9.17, 15) is 4.79 Å². The van der Waals surface area contributed by atoms with Gasteiger partial charge in [0.05, 0.1) is 11.7 Å². The molecule has 1 aromatic carbocycles. The molecule has 3 rings (SSSR count). The SMILES string of the molecule is CC(C(=O)NC1CC1)n1ncc2ccc(N)cc21. The first kappa shape index (κ1) is 11.1. The van der Waals surface area contributed by atoms with E-state index in [1.165, 1.54) is 0 Å². The fourth-order valence-corrected chi connectivity index (χ4v) is 2.02. The second-order valence-electron chi connectivity index (χ2n) is 4.87. The fourth-order valence-electron chi connectivity index (χ4n) is 2.02. The predicted octanol–water partition coefficient (Wildman–Crippen LogP) is 1.46. The topological polar surface area (TPSA) is 72.9 Å². The number of nitrogens with one attached hydrogen (secondary N) is 1. The Labute approximate surface area is 105 Å². The predicted molar refractivity (Wildman–Crippen MR) is 70.0 cm³/mol. The number of carbonyl (C=O) groups excluding carboxylic acids is 1. The molecule has 1 atom stereocenters. The number of nitrogen functional groups attached to an aromatic ring is 1. The lowest BCUT2D eigenvalue weighted by Gasteiger charge is -2.13. The number of nitrogens with zero attached hydrogens (tertiary/aromatic N) is 2. The van der Waals surface area contributed by atoms with Gasteiger partial charge in [-0.1, -0.05) is 0 Å². The van der Waals surface area contributed by atoms with Crippen LogP contribution in [0.25, 0.3) is 10.9 Å². The summed E-state index contributed by atoms with van der Waals surface area (Å²) in [4.78, 5) is 12.0. The van der Waals surface area contributed by atoms with Crippen LogP contribution in [0.2, 0.25) is 0 Å². The molecule has 0 bridgehead atoms. The molecule has 5 heteroatoms. The van der Waals surface area contributed by atoms with E-state index in [2.05, 4.69) is 10.4 Å². The highest BCUT2D eigenvalue weighted by atomic mass is 16.2. The lowest BCUT2D eigenvalue weighted by Crippen LogP contribution is -2.32. The molecular weight excluding hydrogens is 228 g/mol. The van der Waals surface area contributed by atoms with Gasteiger partial charge in [-0.05, 0) is 38.0 Å². The van der Waals surface area contributed by atoms with Crippen LogP contribution in [0.1, 0.15) is 25.8 Å². The van der Waals surface area contributed by atoms with Gasteiger partial charge in [0, 0.05) is 17.1 Å². The Bertz CT molecular complexity index is 600. The van der Waals surface area contributed by atoms with Gasteiger partial charge in [-0.25, -0.2) is 0 Å². The summed E-state index contributed by atoms with van der Waals surface area (Å²) >= 11 is 0. The van der Waals surface area contributed by atoms with Crippen molar-refractivity contribution in [3.8, 4) is 0 Å². The molecule has 0 saturated heterocycles. The highest BCUT2D eigenvalue weighted by Crippen LogP contribution is 2.23. The normalized spacial score (nSPS) is 16.7. The van der Waals surface area contributed by atoms with Crippen molar-refractivity contribution in [2.45, 2.75) is 31.8 Å². The molecule has 2 aromatic rings. The number of fused-ring (bicyclic) bond motifs is 1. The molecule has 3 N–H and O–H groups in total. The standard InChI is InChI=1S/C13H16N4O/c1-8(13(18)16-11-4-5-11)17-12-6-10(14)3-2-9(12)7-15-17/h2-3,6-8,11H,4-5,14H2,1H3,(H,16,18). The maximum atomic E-state index is 12.0. The zero-order chi connectivity index (χ0) is 12.7. The average Bonchev–Trinajstić information content (AvgIpc) is 3.06. The van der Waals surface area contributed by atoms with Crippen LogP contribution in [0.4, 0.5) is 5.69 Å². The number of aromatic nitrogens is 2. The van der Waals surface area contributed by atoms with E-state index in [1.54, 1.807) is 10.9 Å². The summed E-state index contributed by atoms with van der Waals surface area (Å²) in [5.41, 5.74) is 7.35. The lowest BCUT2D eigenvalue weighted by molar-refractivity contribution is -0.124. The van der Waals surface area contributed by atoms with E-state index >= 15 is 0 Å². The number of carbonyl (C=O) groups is 1. The van der Waals surface area contributed by atoms with Crippen LogP contribution in [-0.2, 0) is 4.79 Å². The van der Waals surface area contributed by atoms with Crippen LogP contribution in [-0.4, -0.2) is 21.7 Å². The van der Waals surface area contributed by atoms with Crippen molar-refractivity contribution in [3.63, 3.8) is 0 Å². The average molecular weight is 244 g/mol. The van der Waals surface area contributed by atoms with Crippen molar-refractivity contribution >= 4 is 22.5 Å². The minimum Gasteiger partial charge on any atom is -0.399 e. The van der Waals surface area contributed by atoms with Gasteiger partial charge in [-0.3, -0.25) is 9.48 Å². The van der Waals surface area contributed by atoms with Crippen molar-refractivity contribution < 1.29 is 4.79 Å². The molecular formula is C13H16N4O. The van der Waals surface area contributed by atoms with Gasteiger partial charge >= 0.3 is 0 Å². The molecule has 1 heterocycles. The Morgan fingerprint density at radius 2 is 2.33 bits per heavy atom. The summed E-state index contributed by atoms with van der Waals surface area (Å²) in [6.07, 6.45) is 3.94. The molecule has 1 saturated carbocycles. The first-order valence-corrected chi connectivity index (χ1v) is 6.18. The fraction of sp³-hybridized carbons (Fsp3) is 0.385. The smallest absolute Gasteiger partial charge is 0.244 e. The monoisotopic (exact) mass is 244 g/mol. The number of amides is 1. The van der Waals surface area contributed by atoms with Crippen LogP contribution in [0.3, 0.4) is 0 Å². The third-order valence-electron chi connectivity index (χ3n) is 3.29. The molecule has 1 unspecified atom stereocenters. The second kappa shape index (κ2) is 4.01.